The van der Waals surface area contributed by atoms with Gasteiger partial charge in [0.2, 0.25) is 0 Å². The van der Waals surface area contributed by atoms with Gasteiger partial charge in [-0.1, -0.05) is 48.5 Å². The number of hydrogen-bond donors (Lipinski definition) is 1. The maximum absolute atomic E-state index is 13.7. The van der Waals surface area contributed by atoms with Crippen LogP contribution in [-0.4, -0.2) is 6.61 Å². The number of benzene rings is 3. The molecule has 0 atom stereocenters. The van der Waals surface area contributed by atoms with Gasteiger partial charge in [0.1, 0.15) is 25.5 Å². The predicted molar refractivity (Wildman–Crippen MR) is 104 cm³/mol. The molecule has 27 heavy (non-hydrogen) atoms. The number of ether oxygens (including phenoxy) is 2. The molecule has 0 bridgehead atoms. The Morgan fingerprint density at radius 2 is 1.56 bits per heavy atom. The van der Waals surface area contributed by atoms with Gasteiger partial charge >= 0.3 is 0 Å². The van der Waals surface area contributed by atoms with Crippen molar-refractivity contribution in [2.45, 2.75) is 26.6 Å². The molecule has 3 aromatic carbocycles. The standard InChI is InChI=1S/C23H24FNO2/c1-2-26-23-14-19(15-25-16-20-10-6-7-11-21(20)24)12-13-22(23)27-17-18-8-4-3-5-9-18/h3-14,25H,2,15-17H2,1H3/p+1. The van der Waals surface area contributed by atoms with Crippen molar-refractivity contribution < 1.29 is 19.2 Å². The zero-order valence-electron chi connectivity index (χ0n) is 15.5. The molecule has 3 rings (SSSR count). The molecule has 0 aliphatic heterocycles. The Balaban J connectivity index is 1.61. The van der Waals surface area contributed by atoms with Gasteiger partial charge in [0.25, 0.3) is 0 Å². The van der Waals surface area contributed by atoms with Gasteiger partial charge < -0.3 is 14.8 Å². The summed E-state index contributed by atoms with van der Waals surface area (Å²) in [7, 11) is 0. The summed E-state index contributed by atoms with van der Waals surface area (Å²) < 4.78 is 25.4. The highest BCUT2D eigenvalue weighted by atomic mass is 19.1. The SMILES string of the molecule is CCOc1cc(C[NH2+]Cc2ccccc2F)ccc1OCc1ccccc1. The highest BCUT2D eigenvalue weighted by Gasteiger charge is 2.09. The minimum absolute atomic E-state index is 0.159. The molecule has 0 unspecified atom stereocenters. The van der Waals surface area contributed by atoms with Crippen molar-refractivity contribution in [3.63, 3.8) is 0 Å². The Morgan fingerprint density at radius 1 is 0.778 bits per heavy atom. The molecule has 0 aliphatic rings. The topological polar surface area (TPSA) is 35.1 Å². The van der Waals surface area contributed by atoms with Crippen LogP contribution in [0.5, 0.6) is 11.5 Å². The van der Waals surface area contributed by atoms with Crippen molar-refractivity contribution in [1.82, 2.24) is 0 Å². The minimum atomic E-state index is -0.159. The molecular formula is C23H25FNO2+. The Bertz CT molecular complexity index is 852. The predicted octanol–water partition coefficient (Wildman–Crippen LogP) is 4.07. The quantitative estimate of drug-likeness (QED) is 0.620. The van der Waals surface area contributed by atoms with E-state index < -0.39 is 0 Å². The first-order valence-corrected chi connectivity index (χ1v) is 9.23. The molecular weight excluding hydrogens is 341 g/mol. The zero-order chi connectivity index (χ0) is 18.9. The van der Waals surface area contributed by atoms with Crippen molar-refractivity contribution in [3.8, 4) is 11.5 Å². The van der Waals surface area contributed by atoms with Crippen molar-refractivity contribution in [1.29, 1.82) is 0 Å². The van der Waals surface area contributed by atoms with Crippen LogP contribution in [0.1, 0.15) is 23.6 Å². The van der Waals surface area contributed by atoms with Crippen molar-refractivity contribution in [2.75, 3.05) is 6.61 Å². The van der Waals surface area contributed by atoms with Gasteiger partial charge in [-0.15, -0.1) is 0 Å². The lowest BCUT2D eigenvalue weighted by Gasteiger charge is -2.13. The van der Waals surface area contributed by atoms with E-state index in [1.54, 1.807) is 6.07 Å². The fraction of sp³-hybridized carbons (Fsp3) is 0.217. The van der Waals surface area contributed by atoms with E-state index in [0.717, 1.165) is 29.2 Å². The second kappa shape index (κ2) is 9.74. The van der Waals surface area contributed by atoms with E-state index in [9.17, 15) is 4.39 Å². The first-order valence-electron chi connectivity index (χ1n) is 9.23. The van der Waals surface area contributed by atoms with E-state index in [2.05, 4.69) is 5.32 Å². The van der Waals surface area contributed by atoms with Crippen LogP contribution in [0.3, 0.4) is 0 Å². The monoisotopic (exact) mass is 366 g/mol. The van der Waals surface area contributed by atoms with E-state index in [0.29, 0.717) is 25.3 Å². The highest BCUT2D eigenvalue weighted by molar-refractivity contribution is 5.43. The molecule has 2 N–H and O–H groups in total. The number of nitrogens with two attached hydrogens (primary N) is 1. The van der Waals surface area contributed by atoms with Crippen LogP contribution in [0, 0.1) is 5.82 Å². The Labute approximate surface area is 159 Å². The summed E-state index contributed by atoms with van der Waals surface area (Å²) in [5.74, 6) is 1.32. The smallest absolute Gasteiger partial charge is 0.161 e. The lowest BCUT2D eigenvalue weighted by atomic mass is 10.1. The molecule has 4 heteroatoms. The third-order valence-corrected chi connectivity index (χ3v) is 4.25. The first kappa shape index (κ1) is 18.9. The summed E-state index contributed by atoms with van der Waals surface area (Å²) in [6, 6.07) is 22.9. The molecule has 140 valence electrons. The summed E-state index contributed by atoms with van der Waals surface area (Å²) in [6.45, 7) is 4.37. The Hall–Kier alpha value is -2.85. The fourth-order valence-electron chi connectivity index (χ4n) is 2.86. The van der Waals surface area contributed by atoms with Crippen LogP contribution in [0.2, 0.25) is 0 Å². The van der Waals surface area contributed by atoms with E-state index >= 15 is 0 Å². The molecule has 0 radical (unpaired) electrons. The largest absolute Gasteiger partial charge is 0.490 e. The third-order valence-electron chi connectivity index (χ3n) is 4.25. The van der Waals surface area contributed by atoms with Gasteiger partial charge in [-0.05, 0) is 36.8 Å². The van der Waals surface area contributed by atoms with E-state index in [4.69, 9.17) is 9.47 Å². The minimum Gasteiger partial charge on any atom is -0.490 e. The van der Waals surface area contributed by atoms with Crippen LogP contribution >= 0.6 is 0 Å². The molecule has 0 heterocycles. The lowest BCUT2D eigenvalue weighted by molar-refractivity contribution is -0.686. The normalized spacial score (nSPS) is 10.6. The van der Waals surface area contributed by atoms with E-state index in [1.807, 2.05) is 67.6 Å². The summed E-state index contributed by atoms with van der Waals surface area (Å²) in [5.41, 5.74) is 2.94. The number of quaternary nitrogens is 1. The summed E-state index contributed by atoms with van der Waals surface area (Å²) in [5, 5.41) is 2.08. The van der Waals surface area contributed by atoms with Crippen LogP contribution < -0.4 is 14.8 Å². The van der Waals surface area contributed by atoms with Gasteiger partial charge in [-0.2, -0.15) is 0 Å². The molecule has 0 aromatic heterocycles. The molecule has 0 fully saturated rings. The van der Waals surface area contributed by atoms with Crippen LogP contribution in [0.25, 0.3) is 0 Å². The summed E-state index contributed by atoms with van der Waals surface area (Å²) in [6.07, 6.45) is 0. The van der Waals surface area contributed by atoms with Crippen LogP contribution in [-0.2, 0) is 19.7 Å². The molecule has 0 aliphatic carbocycles. The maximum Gasteiger partial charge on any atom is 0.161 e. The highest BCUT2D eigenvalue weighted by Crippen LogP contribution is 2.29. The van der Waals surface area contributed by atoms with Gasteiger partial charge in [0.05, 0.1) is 6.61 Å². The van der Waals surface area contributed by atoms with Crippen molar-refractivity contribution in [3.05, 3.63) is 95.3 Å². The van der Waals surface area contributed by atoms with Gasteiger partial charge in [0, 0.05) is 11.1 Å². The van der Waals surface area contributed by atoms with Gasteiger partial charge in [0.15, 0.2) is 11.5 Å². The Morgan fingerprint density at radius 3 is 2.33 bits per heavy atom. The zero-order valence-corrected chi connectivity index (χ0v) is 15.5. The Kier molecular flexibility index (Phi) is 6.83. The maximum atomic E-state index is 13.7. The van der Waals surface area contributed by atoms with Crippen LogP contribution in [0.15, 0.2) is 72.8 Å². The second-order valence-electron chi connectivity index (χ2n) is 6.28. The summed E-state index contributed by atoms with van der Waals surface area (Å²) in [4.78, 5) is 0. The van der Waals surface area contributed by atoms with E-state index in [1.165, 1.54) is 6.07 Å². The number of halogens is 1. The molecule has 3 nitrogen and oxygen atoms in total. The molecule has 0 spiro atoms. The summed E-state index contributed by atoms with van der Waals surface area (Å²) >= 11 is 0. The fourth-order valence-corrected chi connectivity index (χ4v) is 2.86. The number of hydrogen-bond acceptors (Lipinski definition) is 2. The second-order valence-corrected chi connectivity index (χ2v) is 6.28. The van der Waals surface area contributed by atoms with E-state index in [-0.39, 0.29) is 5.82 Å². The molecule has 0 amide bonds. The molecule has 0 saturated carbocycles. The van der Waals surface area contributed by atoms with Gasteiger partial charge in [-0.25, -0.2) is 4.39 Å². The van der Waals surface area contributed by atoms with Crippen molar-refractivity contribution in [2.24, 2.45) is 0 Å². The van der Waals surface area contributed by atoms with Gasteiger partial charge in [-0.3, -0.25) is 0 Å². The lowest BCUT2D eigenvalue weighted by Crippen LogP contribution is -2.80. The molecule has 0 saturated heterocycles. The average Bonchev–Trinajstić information content (AvgIpc) is 2.70. The van der Waals surface area contributed by atoms with Crippen molar-refractivity contribution >= 4 is 0 Å². The van der Waals surface area contributed by atoms with Crippen LogP contribution in [0.4, 0.5) is 4.39 Å². The number of rotatable bonds is 9. The first-order chi connectivity index (χ1) is 13.3. The average molecular weight is 366 g/mol. The molecule has 3 aromatic rings. The third kappa shape index (κ3) is 5.56.